The van der Waals surface area contributed by atoms with Crippen LogP contribution in [0.15, 0.2) is 23.4 Å². The van der Waals surface area contributed by atoms with E-state index in [0.29, 0.717) is 6.04 Å². The van der Waals surface area contributed by atoms with Crippen molar-refractivity contribution in [2.24, 2.45) is 0 Å². The molecule has 2 fully saturated rings. The standard InChI is InChI=1S/C28H52N2O2/c1-6-8-13-18-28(19-14-10-15-20-28)29-22-25(30-24-16-11-9-12-17-24)21-23(7-2)26(31)32-27(3,4)5/h7,21,24,26,29-31H,6,8-20,22H2,1-5H3/b23-7+,25-21+. The van der Waals surface area contributed by atoms with Crippen LogP contribution < -0.4 is 10.6 Å². The number of unbranched alkanes of at least 4 members (excludes halogenated alkanes) is 2. The molecular weight excluding hydrogens is 396 g/mol. The summed E-state index contributed by atoms with van der Waals surface area (Å²) in [5.41, 5.74) is 1.92. The third-order valence-corrected chi connectivity index (χ3v) is 7.14. The SMILES string of the molecule is C/C=C(\C=C(/CNC1(CCCCC)CCCCC1)NC1CCCCC1)C(O)OC(C)(C)C. The lowest BCUT2D eigenvalue weighted by molar-refractivity contribution is -0.142. The van der Waals surface area contributed by atoms with Crippen molar-refractivity contribution in [2.75, 3.05) is 6.54 Å². The quantitative estimate of drug-likeness (QED) is 0.176. The summed E-state index contributed by atoms with van der Waals surface area (Å²) in [4.78, 5) is 0. The number of ether oxygens (including phenoxy) is 1. The third kappa shape index (κ3) is 9.97. The lowest BCUT2D eigenvalue weighted by Crippen LogP contribution is -2.49. The zero-order chi connectivity index (χ0) is 23.5. The van der Waals surface area contributed by atoms with E-state index in [4.69, 9.17) is 4.74 Å². The zero-order valence-electron chi connectivity index (χ0n) is 21.8. The Kier molecular flexibility index (Phi) is 11.8. The summed E-state index contributed by atoms with van der Waals surface area (Å²) in [7, 11) is 0. The van der Waals surface area contributed by atoms with Crippen LogP contribution in [0.5, 0.6) is 0 Å². The molecule has 0 heterocycles. The molecule has 0 radical (unpaired) electrons. The average Bonchev–Trinajstić information content (AvgIpc) is 2.76. The molecule has 3 N–H and O–H groups in total. The second-order valence-electron chi connectivity index (χ2n) is 11.2. The van der Waals surface area contributed by atoms with Crippen LogP contribution in [0.3, 0.4) is 0 Å². The fourth-order valence-corrected chi connectivity index (χ4v) is 5.29. The second kappa shape index (κ2) is 13.8. The van der Waals surface area contributed by atoms with Crippen LogP contribution in [-0.2, 0) is 4.74 Å². The smallest absolute Gasteiger partial charge is 0.181 e. The van der Waals surface area contributed by atoms with Gasteiger partial charge < -0.3 is 20.5 Å². The molecule has 0 aromatic carbocycles. The summed E-state index contributed by atoms with van der Waals surface area (Å²) in [5.74, 6) is 0. The first kappa shape index (κ1) is 27.4. The van der Waals surface area contributed by atoms with E-state index in [1.165, 1.54) is 95.6 Å². The Morgan fingerprint density at radius 2 is 1.72 bits per heavy atom. The van der Waals surface area contributed by atoms with E-state index in [-0.39, 0.29) is 11.1 Å². The molecule has 0 spiro atoms. The predicted octanol–water partition coefficient (Wildman–Crippen LogP) is 6.75. The summed E-state index contributed by atoms with van der Waals surface area (Å²) in [6.45, 7) is 11.1. The zero-order valence-corrected chi connectivity index (χ0v) is 21.8. The van der Waals surface area contributed by atoms with Crippen LogP contribution in [0, 0.1) is 0 Å². The predicted molar refractivity (Wildman–Crippen MR) is 137 cm³/mol. The highest BCUT2D eigenvalue weighted by Gasteiger charge is 2.31. The Labute approximate surface area is 198 Å². The van der Waals surface area contributed by atoms with Gasteiger partial charge >= 0.3 is 0 Å². The molecule has 32 heavy (non-hydrogen) atoms. The third-order valence-electron chi connectivity index (χ3n) is 7.14. The van der Waals surface area contributed by atoms with Gasteiger partial charge in [0.2, 0.25) is 0 Å². The summed E-state index contributed by atoms with van der Waals surface area (Å²) < 4.78 is 5.86. The van der Waals surface area contributed by atoms with E-state index in [1.54, 1.807) is 0 Å². The van der Waals surface area contributed by atoms with Crippen molar-refractivity contribution in [1.82, 2.24) is 10.6 Å². The Hall–Kier alpha value is -0.840. The van der Waals surface area contributed by atoms with Gasteiger partial charge in [0.15, 0.2) is 6.29 Å². The van der Waals surface area contributed by atoms with E-state index in [1.807, 2.05) is 33.8 Å². The van der Waals surface area contributed by atoms with Gasteiger partial charge in [-0.05, 0) is 65.9 Å². The molecule has 0 aromatic heterocycles. The van der Waals surface area contributed by atoms with Crippen molar-refractivity contribution in [3.8, 4) is 0 Å². The number of hydrogen-bond acceptors (Lipinski definition) is 4. The minimum absolute atomic E-state index is 0.275. The van der Waals surface area contributed by atoms with Crippen molar-refractivity contribution in [3.05, 3.63) is 23.4 Å². The molecule has 0 amide bonds. The van der Waals surface area contributed by atoms with Gasteiger partial charge in [-0.25, -0.2) is 0 Å². The van der Waals surface area contributed by atoms with Gasteiger partial charge in [-0.3, -0.25) is 0 Å². The first-order chi connectivity index (χ1) is 15.3. The lowest BCUT2D eigenvalue weighted by atomic mass is 9.78. The van der Waals surface area contributed by atoms with Crippen molar-refractivity contribution in [2.45, 2.75) is 148 Å². The highest BCUT2D eigenvalue weighted by Crippen LogP contribution is 2.33. The van der Waals surface area contributed by atoms with Crippen molar-refractivity contribution in [3.63, 3.8) is 0 Å². The van der Waals surface area contributed by atoms with E-state index in [0.717, 1.165) is 12.1 Å². The summed E-state index contributed by atoms with van der Waals surface area (Å²) in [6.07, 6.45) is 21.5. The normalized spacial score (nSPS) is 22.1. The number of nitrogens with one attached hydrogen (secondary N) is 2. The van der Waals surface area contributed by atoms with Crippen molar-refractivity contribution >= 4 is 0 Å². The minimum atomic E-state index is -0.906. The average molecular weight is 449 g/mol. The van der Waals surface area contributed by atoms with Gasteiger partial charge in [0.25, 0.3) is 0 Å². The van der Waals surface area contributed by atoms with E-state index < -0.39 is 6.29 Å². The number of rotatable bonds is 12. The molecule has 4 heteroatoms. The Bertz CT molecular complexity index is 579. The molecule has 1 unspecified atom stereocenters. The van der Waals surface area contributed by atoms with Gasteiger partial charge in [0, 0.05) is 29.4 Å². The van der Waals surface area contributed by atoms with Gasteiger partial charge in [-0.1, -0.05) is 70.8 Å². The summed E-state index contributed by atoms with van der Waals surface area (Å²) in [5, 5.41) is 18.6. The monoisotopic (exact) mass is 448 g/mol. The number of hydrogen-bond donors (Lipinski definition) is 3. The Balaban J connectivity index is 2.14. The van der Waals surface area contributed by atoms with Gasteiger partial charge in [0.1, 0.15) is 0 Å². The molecule has 0 saturated heterocycles. The topological polar surface area (TPSA) is 53.5 Å². The van der Waals surface area contributed by atoms with Crippen LogP contribution in [0.25, 0.3) is 0 Å². The van der Waals surface area contributed by atoms with Crippen LogP contribution in [0.1, 0.15) is 125 Å². The van der Waals surface area contributed by atoms with E-state index in [2.05, 4.69) is 23.6 Å². The number of allylic oxidation sites excluding steroid dienone is 1. The van der Waals surface area contributed by atoms with Gasteiger partial charge in [-0.15, -0.1) is 0 Å². The van der Waals surface area contributed by atoms with E-state index >= 15 is 0 Å². The molecule has 4 nitrogen and oxygen atoms in total. The molecule has 2 saturated carbocycles. The van der Waals surface area contributed by atoms with Crippen molar-refractivity contribution in [1.29, 1.82) is 0 Å². The molecule has 186 valence electrons. The first-order valence-electron chi connectivity index (χ1n) is 13.5. The lowest BCUT2D eigenvalue weighted by Gasteiger charge is -2.39. The molecule has 2 aliphatic rings. The highest BCUT2D eigenvalue weighted by molar-refractivity contribution is 5.26. The molecule has 2 aliphatic carbocycles. The number of aliphatic hydroxyl groups excluding tert-OH is 1. The first-order valence-corrected chi connectivity index (χ1v) is 13.5. The maximum Gasteiger partial charge on any atom is 0.181 e. The largest absolute Gasteiger partial charge is 0.385 e. The highest BCUT2D eigenvalue weighted by atomic mass is 16.6. The van der Waals surface area contributed by atoms with E-state index in [9.17, 15) is 5.11 Å². The summed E-state index contributed by atoms with van der Waals surface area (Å²) in [6, 6.07) is 0.540. The second-order valence-corrected chi connectivity index (χ2v) is 11.2. The molecule has 0 bridgehead atoms. The molecular formula is C28H52N2O2. The fourth-order valence-electron chi connectivity index (χ4n) is 5.29. The minimum Gasteiger partial charge on any atom is -0.385 e. The molecule has 1 atom stereocenters. The van der Waals surface area contributed by atoms with Crippen LogP contribution in [-0.4, -0.2) is 35.1 Å². The Morgan fingerprint density at radius 3 is 2.31 bits per heavy atom. The number of aliphatic hydroxyl groups is 1. The summed E-state index contributed by atoms with van der Waals surface area (Å²) >= 11 is 0. The fraction of sp³-hybridized carbons (Fsp3) is 0.857. The maximum atomic E-state index is 10.7. The molecule has 2 rings (SSSR count). The van der Waals surface area contributed by atoms with Crippen molar-refractivity contribution < 1.29 is 9.84 Å². The van der Waals surface area contributed by atoms with Crippen LogP contribution in [0.4, 0.5) is 0 Å². The van der Waals surface area contributed by atoms with Gasteiger partial charge in [0.05, 0.1) is 5.60 Å². The maximum absolute atomic E-state index is 10.7. The Morgan fingerprint density at radius 1 is 1.06 bits per heavy atom. The van der Waals surface area contributed by atoms with Crippen LogP contribution in [0.2, 0.25) is 0 Å². The van der Waals surface area contributed by atoms with Crippen LogP contribution >= 0.6 is 0 Å². The molecule has 0 aliphatic heterocycles. The van der Waals surface area contributed by atoms with Gasteiger partial charge in [-0.2, -0.15) is 0 Å². The molecule has 0 aromatic rings.